The van der Waals surface area contributed by atoms with Gasteiger partial charge in [-0.3, -0.25) is 14.4 Å². The van der Waals surface area contributed by atoms with Gasteiger partial charge in [0.25, 0.3) is 17.4 Å². The van der Waals surface area contributed by atoms with Crippen LogP contribution in [0.15, 0.2) is 83.7 Å². The van der Waals surface area contributed by atoms with Crippen LogP contribution in [0, 0.1) is 0 Å². The summed E-state index contributed by atoms with van der Waals surface area (Å²) >= 11 is 0. The number of amides is 2. The number of carbonyl (C=O) groups is 2. The first-order valence-electron chi connectivity index (χ1n) is 11.9. The molecule has 1 saturated heterocycles. The normalized spacial score (nSPS) is 13.5. The number of nitrogens with one attached hydrogen (secondary N) is 1. The predicted octanol–water partition coefficient (Wildman–Crippen LogP) is 3.94. The first-order valence-corrected chi connectivity index (χ1v) is 11.9. The molecule has 1 aliphatic heterocycles. The maximum Gasteiger partial charge on any atom is 0.279 e. The van der Waals surface area contributed by atoms with Gasteiger partial charge in [0.05, 0.1) is 11.1 Å². The molecule has 7 nitrogen and oxygen atoms in total. The molecule has 0 unspecified atom stereocenters. The smallest absolute Gasteiger partial charge is 0.279 e. The van der Waals surface area contributed by atoms with Gasteiger partial charge in [-0.25, -0.2) is 0 Å². The highest BCUT2D eigenvalue weighted by Crippen LogP contribution is 2.16. The molecule has 7 heteroatoms. The molecular formula is C28H26N4O3. The van der Waals surface area contributed by atoms with E-state index in [9.17, 15) is 14.4 Å². The molecule has 0 radical (unpaired) electrons. The van der Waals surface area contributed by atoms with Crippen molar-refractivity contribution in [2.45, 2.75) is 25.8 Å². The molecule has 0 spiro atoms. The molecular weight excluding hydrogens is 440 g/mol. The molecule has 35 heavy (non-hydrogen) atoms. The molecule has 0 bridgehead atoms. The van der Waals surface area contributed by atoms with Crippen molar-refractivity contribution >= 4 is 22.6 Å². The van der Waals surface area contributed by atoms with Crippen LogP contribution in [0.1, 0.15) is 45.7 Å². The summed E-state index contributed by atoms with van der Waals surface area (Å²) in [6.45, 7) is 1.89. The van der Waals surface area contributed by atoms with Crippen LogP contribution in [0.4, 0.5) is 0 Å². The van der Waals surface area contributed by atoms with Gasteiger partial charge in [0.1, 0.15) is 0 Å². The van der Waals surface area contributed by atoms with Crippen LogP contribution >= 0.6 is 0 Å². The van der Waals surface area contributed by atoms with E-state index in [-0.39, 0.29) is 29.6 Å². The highest BCUT2D eigenvalue weighted by molar-refractivity contribution is 6.04. The van der Waals surface area contributed by atoms with Crippen LogP contribution in [0.2, 0.25) is 0 Å². The van der Waals surface area contributed by atoms with Gasteiger partial charge in [0, 0.05) is 30.6 Å². The molecule has 4 aromatic rings. The second-order valence-electron chi connectivity index (χ2n) is 8.68. The minimum atomic E-state index is -0.376. The molecule has 1 aromatic heterocycles. The first-order chi connectivity index (χ1) is 17.1. The summed E-state index contributed by atoms with van der Waals surface area (Å²) in [6.07, 6.45) is 3.28. The second-order valence-corrected chi connectivity index (χ2v) is 8.68. The lowest BCUT2D eigenvalue weighted by Gasteiger charge is -2.26. The summed E-state index contributed by atoms with van der Waals surface area (Å²) in [4.78, 5) is 40.8. The summed E-state index contributed by atoms with van der Waals surface area (Å²) in [7, 11) is 0. The number of piperidine rings is 1. The van der Waals surface area contributed by atoms with E-state index < -0.39 is 0 Å². The minimum absolute atomic E-state index is 0.0547. The lowest BCUT2D eigenvalue weighted by atomic mass is 10.1. The van der Waals surface area contributed by atoms with Crippen molar-refractivity contribution in [3.8, 4) is 5.69 Å². The van der Waals surface area contributed by atoms with E-state index in [1.54, 1.807) is 36.4 Å². The van der Waals surface area contributed by atoms with E-state index in [0.717, 1.165) is 31.5 Å². The van der Waals surface area contributed by atoms with E-state index in [1.165, 1.54) is 11.1 Å². The molecule has 2 amide bonds. The zero-order chi connectivity index (χ0) is 24.2. The van der Waals surface area contributed by atoms with Crippen molar-refractivity contribution in [3.05, 3.63) is 106 Å². The Hall–Kier alpha value is -4.26. The summed E-state index contributed by atoms with van der Waals surface area (Å²) < 4.78 is 1.26. The molecule has 2 heterocycles. The summed E-state index contributed by atoms with van der Waals surface area (Å²) in [6, 6.07) is 23.4. The third-order valence-corrected chi connectivity index (χ3v) is 6.32. The van der Waals surface area contributed by atoms with Crippen molar-refractivity contribution in [1.29, 1.82) is 0 Å². The summed E-state index contributed by atoms with van der Waals surface area (Å²) in [5, 5.41) is 8.25. The van der Waals surface area contributed by atoms with Gasteiger partial charge >= 0.3 is 0 Å². The van der Waals surface area contributed by atoms with E-state index in [1.807, 2.05) is 47.4 Å². The Labute approximate surface area is 203 Å². The third kappa shape index (κ3) is 4.71. The molecule has 176 valence electrons. The molecule has 0 saturated carbocycles. The first kappa shape index (κ1) is 22.5. The van der Waals surface area contributed by atoms with E-state index in [4.69, 9.17) is 0 Å². The number of benzene rings is 3. The number of carbonyl (C=O) groups excluding carboxylic acids is 2. The Morgan fingerprint density at radius 3 is 2.17 bits per heavy atom. The van der Waals surface area contributed by atoms with Gasteiger partial charge in [-0.1, -0.05) is 48.5 Å². The monoisotopic (exact) mass is 466 g/mol. The predicted molar refractivity (Wildman–Crippen MR) is 135 cm³/mol. The maximum atomic E-state index is 13.2. The summed E-state index contributed by atoms with van der Waals surface area (Å²) in [5.41, 5.74) is 2.02. The third-order valence-electron chi connectivity index (χ3n) is 6.32. The molecule has 0 atom stereocenters. The van der Waals surface area contributed by atoms with Crippen molar-refractivity contribution in [2.75, 3.05) is 13.1 Å². The van der Waals surface area contributed by atoms with Crippen LogP contribution in [-0.4, -0.2) is 39.6 Å². The lowest BCUT2D eigenvalue weighted by molar-refractivity contribution is 0.0724. The molecule has 1 fully saturated rings. The topological polar surface area (TPSA) is 84.3 Å². The Morgan fingerprint density at radius 1 is 0.800 bits per heavy atom. The molecule has 0 aliphatic carbocycles. The van der Waals surface area contributed by atoms with Crippen LogP contribution in [0.5, 0.6) is 0 Å². The van der Waals surface area contributed by atoms with Gasteiger partial charge in [-0.2, -0.15) is 9.78 Å². The van der Waals surface area contributed by atoms with Gasteiger partial charge < -0.3 is 10.2 Å². The number of hydrogen-bond donors (Lipinski definition) is 1. The second kappa shape index (κ2) is 9.93. The number of hydrogen-bond acceptors (Lipinski definition) is 4. The van der Waals surface area contributed by atoms with Crippen LogP contribution in [-0.2, 0) is 6.54 Å². The number of rotatable bonds is 5. The highest BCUT2D eigenvalue weighted by atomic mass is 16.2. The van der Waals surface area contributed by atoms with E-state index in [0.29, 0.717) is 22.0 Å². The molecule has 1 aliphatic rings. The molecule has 5 rings (SSSR count). The van der Waals surface area contributed by atoms with Crippen molar-refractivity contribution < 1.29 is 9.59 Å². The van der Waals surface area contributed by atoms with Gasteiger partial charge in [-0.15, -0.1) is 0 Å². The largest absolute Gasteiger partial charge is 0.347 e. The Balaban J connectivity index is 1.36. The number of nitrogens with zero attached hydrogens (tertiary/aromatic N) is 3. The van der Waals surface area contributed by atoms with Crippen LogP contribution < -0.4 is 10.9 Å². The van der Waals surface area contributed by atoms with Crippen molar-refractivity contribution in [1.82, 2.24) is 20.0 Å². The van der Waals surface area contributed by atoms with E-state index in [2.05, 4.69) is 10.4 Å². The van der Waals surface area contributed by atoms with Gasteiger partial charge in [0.2, 0.25) is 0 Å². The van der Waals surface area contributed by atoms with Gasteiger partial charge in [0.15, 0.2) is 5.69 Å². The van der Waals surface area contributed by atoms with Crippen molar-refractivity contribution in [2.24, 2.45) is 0 Å². The number of likely N-dealkylation sites (tertiary alicyclic amines) is 1. The highest BCUT2D eigenvalue weighted by Gasteiger charge is 2.19. The average Bonchev–Trinajstić information content (AvgIpc) is 2.93. The standard InChI is InChI=1S/C28H26N4O3/c33-26(29-19-20-13-15-21(16-14-20)27(34)31-17-7-2-8-18-31)25-23-11-5-6-12-24(23)28(35)32(30-25)22-9-3-1-4-10-22/h1,3-6,9-16H,2,7-8,17-19H2,(H,29,33). The number of aromatic nitrogens is 2. The summed E-state index contributed by atoms with van der Waals surface area (Å²) in [5.74, 6) is -0.321. The minimum Gasteiger partial charge on any atom is -0.347 e. The van der Waals surface area contributed by atoms with Crippen LogP contribution in [0.3, 0.4) is 0 Å². The maximum absolute atomic E-state index is 13.2. The fourth-order valence-corrected chi connectivity index (χ4v) is 4.41. The Kier molecular flexibility index (Phi) is 6.39. The van der Waals surface area contributed by atoms with Gasteiger partial charge in [-0.05, 0) is 55.2 Å². The average molecular weight is 467 g/mol. The number of para-hydroxylation sites is 1. The molecule has 1 N–H and O–H groups in total. The van der Waals surface area contributed by atoms with Crippen LogP contribution in [0.25, 0.3) is 16.5 Å². The zero-order valence-corrected chi connectivity index (χ0v) is 19.3. The fourth-order valence-electron chi connectivity index (χ4n) is 4.41. The van der Waals surface area contributed by atoms with E-state index >= 15 is 0 Å². The quantitative estimate of drug-likeness (QED) is 0.483. The number of fused-ring (bicyclic) bond motifs is 1. The molecule has 3 aromatic carbocycles. The van der Waals surface area contributed by atoms with Crippen molar-refractivity contribution in [3.63, 3.8) is 0 Å². The fraction of sp³-hybridized carbons (Fsp3) is 0.214. The lowest BCUT2D eigenvalue weighted by Crippen LogP contribution is -2.35. The SMILES string of the molecule is O=C(NCc1ccc(C(=O)N2CCCCC2)cc1)c1nn(-c2ccccc2)c(=O)c2ccccc12. The Bertz CT molecular complexity index is 1420. The Morgan fingerprint density at radius 2 is 1.46 bits per heavy atom. The zero-order valence-electron chi connectivity index (χ0n) is 19.3.